The summed E-state index contributed by atoms with van der Waals surface area (Å²) in [6.45, 7) is 11.4. The average molecular weight is 461 g/mol. The summed E-state index contributed by atoms with van der Waals surface area (Å²) in [7, 11) is 0. The van der Waals surface area contributed by atoms with Crippen LogP contribution in [-0.4, -0.2) is 9.97 Å². The van der Waals surface area contributed by atoms with Crippen molar-refractivity contribution in [2.24, 2.45) is 5.92 Å². The first kappa shape index (κ1) is 22.0. The Morgan fingerprint density at radius 1 is 0.943 bits per heavy atom. The fourth-order valence-corrected chi connectivity index (χ4v) is 5.69. The number of aromatic nitrogens is 2. The molecule has 1 aliphatic rings. The van der Waals surface area contributed by atoms with Crippen LogP contribution in [0.25, 0.3) is 44.1 Å². The molecular weight excluding hydrogens is 428 g/mol. The van der Waals surface area contributed by atoms with E-state index in [0.29, 0.717) is 5.92 Å². The van der Waals surface area contributed by atoms with Crippen molar-refractivity contribution in [2.45, 2.75) is 59.3 Å². The molecule has 0 bridgehead atoms. The van der Waals surface area contributed by atoms with Gasteiger partial charge in [-0.2, -0.15) is 0 Å². The Labute approximate surface area is 207 Å². The number of furan rings is 1. The molecule has 35 heavy (non-hydrogen) atoms. The van der Waals surface area contributed by atoms with Crippen LogP contribution < -0.4 is 0 Å². The first-order valence-electron chi connectivity index (χ1n) is 12.7. The highest BCUT2D eigenvalue weighted by Gasteiger charge is 2.28. The van der Waals surface area contributed by atoms with Crippen molar-refractivity contribution in [3.63, 3.8) is 0 Å². The van der Waals surface area contributed by atoms with Gasteiger partial charge in [0.15, 0.2) is 0 Å². The molecule has 0 fully saturated rings. The number of hydrogen-bond acceptors (Lipinski definition) is 3. The number of fused-ring (bicyclic) bond motifs is 6. The standard InChI is InChI=1S/C32H32N2O/c1-19(2)16-26-23-10-11-27-29(24(23)12-14-33-26)30-28(35-27)13-15-34-31(30)21-17-20-8-6-7-9-22(20)25(18-21)32(3,4)5/h6-9,12-15,17-19H,10-11,16H2,1-5H3. The normalized spacial score (nSPS) is 13.4. The summed E-state index contributed by atoms with van der Waals surface area (Å²) >= 11 is 0. The lowest BCUT2D eigenvalue weighted by atomic mass is 9.81. The maximum atomic E-state index is 6.46. The Kier molecular flexibility index (Phi) is 5.07. The summed E-state index contributed by atoms with van der Waals surface area (Å²) in [4.78, 5) is 9.73. The topological polar surface area (TPSA) is 38.9 Å². The number of pyridine rings is 2. The Bertz CT molecular complexity index is 1580. The molecule has 0 amide bonds. The largest absolute Gasteiger partial charge is 0.460 e. The fourth-order valence-electron chi connectivity index (χ4n) is 5.69. The van der Waals surface area contributed by atoms with Crippen molar-refractivity contribution < 1.29 is 4.42 Å². The van der Waals surface area contributed by atoms with E-state index in [9.17, 15) is 0 Å². The van der Waals surface area contributed by atoms with E-state index in [1.165, 1.54) is 38.7 Å². The molecule has 0 saturated heterocycles. The molecule has 0 saturated carbocycles. The second-order valence-electron chi connectivity index (χ2n) is 11.3. The van der Waals surface area contributed by atoms with Gasteiger partial charge in [0.2, 0.25) is 0 Å². The van der Waals surface area contributed by atoms with Crippen molar-refractivity contribution in [1.29, 1.82) is 0 Å². The predicted octanol–water partition coefficient (Wildman–Crippen LogP) is 8.30. The van der Waals surface area contributed by atoms with E-state index in [-0.39, 0.29) is 5.41 Å². The lowest BCUT2D eigenvalue weighted by molar-refractivity contribution is 0.543. The minimum atomic E-state index is 0.0172. The minimum Gasteiger partial charge on any atom is -0.460 e. The van der Waals surface area contributed by atoms with Crippen molar-refractivity contribution in [3.8, 4) is 22.4 Å². The van der Waals surface area contributed by atoms with Gasteiger partial charge in [-0.3, -0.25) is 9.97 Å². The van der Waals surface area contributed by atoms with E-state index < -0.39 is 0 Å². The van der Waals surface area contributed by atoms with Gasteiger partial charge < -0.3 is 4.42 Å². The summed E-state index contributed by atoms with van der Waals surface area (Å²) in [5, 5.41) is 3.68. The number of nitrogens with zero attached hydrogens (tertiary/aromatic N) is 2. The Morgan fingerprint density at radius 2 is 1.74 bits per heavy atom. The van der Waals surface area contributed by atoms with Crippen LogP contribution in [0.15, 0.2) is 65.3 Å². The van der Waals surface area contributed by atoms with Gasteiger partial charge in [-0.1, -0.05) is 58.9 Å². The van der Waals surface area contributed by atoms with Gasteiger partial charge in [0, 0.05) is 35.6 Å². The smallest absolute Gasteiger partial charge is 0.138 e. The molecule has 3 heterocycles. The minimum absolute atomic E-state index is 0.0172. The molecule has 2 aromatic carbocycles. The highest BCUT2D eigenvalue weighted by Crippen LogP contribution is 2.45. The van der Waals surface area contributed by atoms with E-state index in [2.05, 4.69) is 77.1 Å². The summed E-state index contributed by atoms with van der Waals surface area (Å²) in [5.74, 6) is 1.64. The predicted molar refractivity (Wildman–Crippen MR) is 145 cm³/mol. The molecule has 0 spiro atoms. The monoisotopic (exact) mass is 460 g/mol. The summed E-state index contributed by atoms with van der Waals surface area (Å²) < 4.78 is 6.46. The Balaban J connectivity index is 1.64. The van der Waals surface area contributed by atoms with E-state index in [0.717, 1.165) is 47.2 Å². The maximum absolute atomic E-state index is 6.46. The first-order chi connectivity index (χ1) is 16.8. The van der Waals surface area contributed by atoms with Gasteiger partial charge >= 0.3 is 0 Å². The number of aryl methyl sites for hydroxylation is 1. The van der Waals surface area contributed by atoms with Gasteiger partial charge in [0.05, 0.1) is 11.1 Å². The Hall–Kier alpha value is -3.46. The molecule has 3 nitrogen and oxygen atoms in total. The van der Waals surface area contributed by atoms with E-state index in [4.69, 9.17) is 14.4 Å². The van der Waals surface area contributed by atoms with Gasteiger partial charge in [0.1, 0.15) is 11.3 Å². The molecular formula is C32H32N2O. The zero-order valence-corrected chi connectivity index (χ0v) is 21.3. The van der Waals surface area contributed by atoms with Crippen LogP contribution >= 0.6 is 0 Å². The number of rotatable bonds is 3. The first-order valence-corrected chi connectivity index (χ1v) is 12.7. The quantitative estimate of drug-likeness (QED) is 0.272. The third-order valence-corrected chi connectivity index (χ3v) is 7.24. The fraction of sp³-hybridized carbons (Fsp3) is 0.312. The molecule has 6 rings (SSSR count). The van der Waals surface area contributed by atoms with Gasteiger partial charge in [-0.25, -0.2) is 0 Å². The zero-order valence-electron chi connectivity index (χ0n) is 21.3. The molecule has 0 unspecified atom stereocenters. The molecule has 3 aromatic heterocycles. The second kappa shape index (κ2) is 8.05. The lowest BCUT2D eigenvalue weighted by Crippen LogP contribution is -2.12. The third kappa shape index (κ3) is 3.65. The van der Waals surface area contributed by atoms with E-state index >= 15 is 0 Å². The molecule has 0 N–H and O–H groups in total. The van der Waals surface area contributed by atoms with Crippen LogP contribution in [0.5, 0.6) is 0 Å². The van der Waals surface area contributed by atoms with E-state index in [1.807, 2.05) is 18.5 Å². The number of benzene rings is 2. The van der Waals surface area contributed by atoms with Crippen molar-refractivity contribution in [3.05, 3.63) is 83.5 Å². The molecule has 3 heteroatoms. The van der Waals surface area contributed by atoms with Crippen LogP contribution in [-0.2, 0) is 24.7 Å². The van der Waals surface area contributed by atoms with Crippen molar-refractivity contribution in [1.82, 2.24) is 9.97 Å². The van der Waals surface area contributed by atoms with Crippen LogP contribution in [0.4, 0.5) is 0 Å². The Morgan fingerprint density at radius 3 is 2.54 bits per heavy atom. The van der Waals surface area contributed by atoms with Crippen molar-refractivity contribution in [2.75, 3.05) is 0 Å². The molecule has 0 radical (unpaired) electrons. The lowest BCUT2D eigenvalue weighted by Gasteiger charge is -2.23. The summed E-state index contributed by atoms with van der Waals surface area (Å²) in [6.07, 6.45) is 6.73. The van der Waals surface area contributed by atoms with Crippen LogP contribution in [0.1, 0.15) is 57.2 Å². The summed E-state index contributed by atoms with van der Waals surface area (Å²) in [6, 6.07) is 17.5. The SMILES string of the molecule is CC(C)Cc1nccc2c1CCc1oc3ccnc(-c4cc(C(C)(C)C)c5ccccc5c4)c3c1-2. The second-order valence-corrected chi connectivity index (χ2v) is 11.3. The van der Waals surface area contributed by atoms with Crippen LogP contribution in [0.3, 0.4) is 0 Å². The molecule has 1 aliphatic carbocycles. The highest BCUT2D eigenvalue weighted by molar-refractivity contribution is 6.06. The molecule has 5 aromatic rings. The number of hydrogen-bond donors (Lipinski definition) is 0. The highest BCUT2D eigenvalue weighted by atomic mass is 16.3. The van der Waals surface area contributed by atoms with Gasteiger partial charge in [0.25, 0.3) is 0 Å². The zero-order chi connectivity index (χ0) is 24.3. The van der Waals surface area contributed by atoms with E-state index in [1.54, 1.807) is 0 Å². The molecule has 0 atom stereocenters. The van der Waals surface area contributed by atoms with Crippen LogP contribution in [0.2, 0.25) is 0 Å². The average Bonchev–Trinajstić information content (AvgIpc) is 3.22. The van der Waals surface area contributed by atoms with Crippen LogP contribution in [0, 0.1) is 5.92 Å². The third-order valence-electron chi connectivity index (χ3n) is 7.24. The molecule has 176 valence electrons. The summed E-state index contributed by atoms with van der Waals surface area (Å²) in [5.41, 5.74) is 9.49. The van der Waals surface area contributed by atoms with Gasteiger partial charge in [-0.05, 0) is 75.9 Å². The molecule has 0 aliphatic heterocycles. The van der Waals surface area contributed by atoms with Crippen molar-refractivity contribution >= 4 is 21.7 Å². The maximum Gasteiger partial charge on any atom is 0.138 e. The van der Waals surface area contributed by atoms with Gasteiger partial charge in [-0.15, -0.1) is 0 Å².